The molecule has 15 heavy (non-hydrogen) atoms. The molecule has 2 aromatic rings. The Kier molecular flexibility index (Phi) is 3.27. The number of aliphatic hydroxyl groups excluding tert-OH is 1. The average Bonchev–Trinajstić information content (AvgIpc) is 2.30. The van der Waals surface area contributed by atoms with Gasteiger partial charge < -0.3 is 5.11 Å². The van der Waals surface area contributed by atoms with Crippen molar-refractivity contribution in [2.75, 3.05) is 0 Å². The monoisotopic (exact) mass is 312 g/mol. The Morgan fingerprint density at radius 3 is 2.47 bits per heavy atom. The average molecular weight is 312 g/mol. The number of hydrogen-bond acceptors (Lipinski definition) is 3. The molecule has 1 unspecified atom stereocenters. The molecule has 0 fully saturated rings. The Hall–Kier alpha value is -1.01. The normalized spacial score (nSPS) is 12.4. The van der Waals surface area contributed by atoms with E-state index in [9.17, 15) is 5.11 Å². The molecule has 76 valence electrons. The first-order valence-corrected chi connectivity index (χ1v) is 5.54. The Labute approximate surface area is 101 Å². The van der Waals surface area contributed by atoms with Crippen LogP contribution in [-0.2, 0) is 0 Å². The molecule has 1 N–H and O–H groups in total. The van der Waals surface area contributed by atoms with Crippen molar-refractivity contribution in [2.45, 2.75) is 6.10 Å². The van der Waals surface area contributed by atoms with Gasteiger partial charge in [0.2, 0.25) is 0 Å². The topological polar surface area (TPSA) is 46.0 Å². The van der Waals surface area contributed by atoms with E-state index in [-0.39, 0.29) is 0 Å². The third kappa shape index (κ3) is 2.32. The number of nitrogens with zero attached hydrogens (tertiary/aromatic N) is 2. The number of aliphatic hydroxyl groups is 1. The van der Waals surface area contributed by atoms with Crippen LogP contribution in [0.15, 0.2) is 43.0 Å². The van der Waals surface area contributed by atoms with Crippen LogP contribution < -0.4 is 0 Å². The maximum atomic E-state index is 10.1. The smallest absolute Gasteiger partial charge is 0.115 e. The third-order valence-electron chi connectivity index (χ3n) is 2.10. The lowest BCUT2D eigenvalue weighted by atomic mass is 10.0. The minimum absolute atomic E-state index is 0.653. The van der Waals surface area contributed by atoms with Crippen LogP contribution in [0, 0.1) is 3.57 Å². The van der Waals surface area contributed by atoms with Crippen LogP contribution in [0.5, 0.6) is 0 Å². The van der Waals surface area contributed by atoms with Gasteiger partial charge >= 0.3 is 0 Å². The van der Waals surface area contributed by atoms with Gasteiger partial charge in [-0.3, -0.25) is 0 Å². The second kappa shape index (κ2) is 4.67. The van der Waals surface area contributed by atoms with Crippen LogP contribution in [0.2, 0.25) is 0 Å². The molecule has 3 nitrogen and oxygen atoms in total. The van der Waals surface area contributed by atoms with E-state index < -0.39 is 6.10 Å². The molecule has 4 heteroatoms. The zero-order chi connectivity index (χ0) is 10.7. The van der Waals surface area contributed by atoms with Crippen LogP contribution >= 0.6 is 22.6 Å². The summed E-state index contributed by atoms with van der Waals surface area (Å²) in [5.41, 5.74) is 1.59. The van der Waals surface area contributed by atoms with Crippen molar-refractivity contribution in [2.24, 2.45) is 0 Å². The molecule has 0 spiro atoms. The molecular formula is C11H9IN2O. The number of halogens is 1. The van der Waals surface area contributed by atoms with Crippen molar-refractivity contribution in [1.82, 2.24) is 9.97 Å². The second-order valence-corrected chi connectivity index (χ2v) is 4.26. The maximum absolute atomic E-state index is 10.1. The zero-order valence-electron chi connectivity index (χ0n) is 7.84. The quantitative estimate of drug-likeness (QED) is 0.865. The summed E-state index contributed by atoms with van der Waals surface area (Å²) in [6.07, 6.45) is 4.05. The minimum Gasteiger partial charge on any atom is -0.384 e. The van der Waals surface area contributed by atoms with Gasteiger partial charge in [-0.05, 0) is 34.2 Å². The maximum Gasteiger partial charge on any atom is 0.115 e. The fourth-order valence-electron chi connectivity index (χ4n) is 1.33. The highest BCUT2D eigenvalue weighted by atomic mass is 127. The number of aromatic nitrogens is 2. The van der Waals surface area contributed by atoms with Crippen molar-refractivity contribution in [3.8, 4) is 0 Å². The van der Waals surface area contributed by atoms with Gasteiger partial charge in [-0.15, -0.1) is 0 Å². The number of hydrogen-bond donors (Lipinski definition) is 1. The molecule has 0 saturated heterocycles. The third-order valence-corrected chi connectivity index (χ3v) is 3.08. The van der Waals surface area contributed by atoms with E-state index in [1.165, 1.54) is 6.33 Å². The van der Waals surface area contributed by atoms with E-state index in [0.717, 1.165) is 9.13 Å². The molecule has 1 heterocycles. The SMILES string of the molecule is OC(c1cncnc1)c1ccccc1I. The van der Waals surface area contributed by atoms with E-state index in [1.807, 2.05) is 24.3 Å². The predicted molar refractivity (Wildman–Crippen MR) is 65.3 cm³/mol. The first kappa shape index (κ1) is 10.5. The largest absolute Gasteiger partial charge is 0.384 e. The van der Waals surface area contributed by atoms with Gasteiger partial charge in [0.25, 0.3) is 0 Å². The van der Waals surface area contributed by atoms with Gasteiger partial charge in [0.1, 0.15) is 12.4 Å². The molecule has 0 aliphatic carbocycles. The highest BCUT2D eigenvalue weighted by Crippen LogP contribution is 2.24. The van der Waals surface area contributed by atoms with Crippen molar-refractivity contribution < 1.29 is 5.11 Å². The molecular weight excluding hydrogens is 303 g/mol. The molecule has 2 rings (SSSR count). The first-order valence-electron chi connectivity index (χ1n) is 4.46. The molecule has 1 aromatic heterocycles. The summed E-state index contributed by atoms with van der Waals surface area (Å²) in [4.78, 5) is 7.77. The van der Waals surface area contributed by atoms with Crippen molar-refractivity contribution >= 4 is 22.6 Å². The summed E-state index contributed by atoms with van der Waals surface area (Å²) in [5.74, 6) is 0. The summed E-state index contributed by atoms with van der Waals surface area (Å²) in [7, 11) is 0. The Morgan fingerprint density at radius 1 is 1.13 bits per heavy atom. The zero-order valence-corrected chi connectivity index (χ0v) is 10.00. The van der Waals surface area contributed by atoms with E-state index in [0.29, 0.717) is 5.56 Å². The molecule has 0 bridgehead atoms. The van der Waals surface area contributed by atoms with E-state index >= 15 is 0 Å². The minimum atomic E-state index is -0.653. The van der Waals surface area contributed by atoms with Crippen molar-refractivity contribution in [3.05, 3.63) is 57.7 Å². The lowest BCUT2D eigenvalue weighted by Gasteiger charge is -2.11. The van der Waals surface area contributed by atoms with Crippen LogP contribution in [-0.4, -0.2) is 15.1 Å². The fraction of sp³-hybridized carbons (Fsp3) is 0.0909. The predicted octanol–water partition coefficient (Wildman–Crippen LogP) is 2.16. The standard InChI is InChI=1S/C11H9IN2O/c12-10-4-2-1-3-9(10)11(15)8-5-13-7-14-6-8/h1-7,11,15H. The highest BCUT2D eigenvalue weighted by molar-refractivity contribution is 14.1. The molecule has 0 aliphatic heterocycles. The van der Waals surface area contributed by atoms with E-state index in [2.05, 4.69) is 32.6 Å². The molecule has 0 radical (unpaired) electrons. The van der Waals surface area contributed by atoms with Crippen LogP contribution in [0.3, 0.4) is 0 Å². The Balaban J connectivity index is 2.37. The molecule has 1 atom stereocenters. The van der Waals surface area contributed by atoms with Gasteiger partial charge in [-0.25, -0.2) is 9.97 Å². The first-order chi connectivity index (χ1) is 7.29. The van der Waals surface area contributed by atoms with Crippen molar-refractivity contribution in [1.29, 1.82) is 0 Å². The van der Waals surface area contributed by atoms with Crippen molar-refractivity contribution in [3.63, 3.8) is 0 Å². The van der Waals surface area contributed by atoms with Gasteiger partial charge in [0, 0.05) is 21.5 Å². The summed E-state index contributed by atoms with van der Waals surface area (Å²) in [6, 6.07) is 7.71. The fourth-order valence-corrected chi connectivity index (χ4v) is 2.01. The van der Waals surface area contributed by atoms with Crippen LogP contribution in [0.1, 0.15) is 17.2 Å². The highest BCUT2D eigenvalue weighted by Gasteiger charge is 2.12. The van der Waals surface area contributed by atoms with Gasteiger partial charge in [-0.2, -0.15) is 0 Å². The summed E-state index contributed by atoms with van der Waals surface area (Å²) >= 11 is 2.20. The van der Waals surface area contributed by atoms with E-state index in [4.69, 9.17) is 0 Å². The Bertz CT molecular complexity index is 447. The number of benzene rings is 1. The van der Waals surface area contributed by atoms with Crippen LogP contribution in [0.25, 0.3) is 0 Å². The molecule has 0 aliphatic rings. The Morgan fingerprint density at radius 2 is 1.80 bits per heavy atom. The summed E-state index contributed by atoms with van der Waals surface area (Å²) in [6.45, 7) is 0. The molecule has 0 saturated carbocycles. The second-order valence-electron chi connectivity index (χ2n) is 3.10. The number of rotatable bonds is 2. The summed E-state index contributed by atoms with van der Waals surface area (Å²) in [5, 5.41) is 10.1. The van der Waals surface area contributed by atoms with Gasteiger partial charge in [0.05, 0.1) is 0 Å². The lowest BCUT2D eigenvalue weighted by Crippen LogP contribution is -2.02. The van der Waals surface area contributed by atoms with E-state index in [1.54, 1.807) is 12.4 Å². The van der Waals surface area contributed by atoms with Crippen LogP contribution in [0.4, 0.5) is 0 Å². The molecule has 1 aromatic carbocycles. The summed E-state index contributed by atoms with van der Waals surface area (Å²) < 4.78 is 1.03. The van der Waals surface area contributed by atoms with Gasteiger partial charge in [0.15, 0.2) is 0 Å². The molecule has 0 amide bonds. The van der Waals surface area contributed by atoms with Gasteiger partial charge in [-0.1, -0.05) is 18.2 Å². The lowest BCUT2D eigenvalue weighted by molar-refractivity contribution is 0.218.